The predicted octanol–water partition coefficient (Wildman–Crippen LogP) is 4.79. The minimum Gasteiger partial charge on any atom is -0.460 e. The summed E-state index contributed by atoms with van der Waals surface area (Å²) in [6.07, 6.45) is 4.49. The molecular formula is C23H31NO3. The molecule has 0 spiro atoms. The van der Waals surface area contributed by atoms with Crippen LogP contribution in [0, 0.1) is 0 Å². The van der Waals surface area contributed by atoms with Crippen LogP contribution in [0.1, 0.15) is 58.4 Å². The van der Waals surface area contributed by atoms with Crippen molar-refractivity contribution in [3.8, 4) is 0 Å². The van der Waals surface area contributed by atoms with Crippen LogP contribution in [0.4, 0.5) is 0 Å². The number of hydrogen-bond donors (Lipinski definition) is 1. The Labute approximate surface area is 162 Å². The number of carbonyl (C=O) groups excluding carboxylic acids is 2. The number of fused-ring (bicyclic) bond motifs is 1. The second-order valence-electron chi connectivity index (χ2n) is 7.93. The van der Waals surface area contributed by atoms with E-state index in [1.165, 1.54) is 16.3 Å². The standard InChI is InChI=1S/C23H31NO3/c1-23(2,3)27-22(26)15-14-21(25)24-16-8-4-5-9-18-12-13-19-10-6-7-11-20(19)17-18/h6-7,10-13,17H,4-5,8-9,14-16H2,1-3H3,(H,24,25). The lowest BCUT2D eigenvalue weighted by atomic mass is 10.0. The molecule has 0 aliphatic rings. The number of esters is 1. The van der Waals surface area contributed by atoms with Crippen molar-refractivity contribution >= 4 is 22.6 Å². The van der Waals surface area contributed by atoms with Gasteiger partial charge < -0.3 is 10.1 Å². The van der Waals surface area contributed by atoms with Gasteiger partial charge in [0.05, 0.1) is 6.42 Å². The molecule has 0 bridgehead atoms. The fraction of sp³-hybridized carbons (Fsp3) is 0.478. The molecule has 0 aliphatic carbocycles. The molecule has 0 atom stereocenters. The molecule has 0 saturated carbocycles. The fourth-order valence-electron chi connectivity index (χ4n) is 2.95. The smallest absolute Gasteiger partial charge is 0.306 e. The molecule has 146 valence electrons. The molecule has 1 N–H and O–H groups in total. The SMILES string of the molecule is CC(C)(C)OC(=O)CCC(=O)NCCCCCc1ccc2ccccc2c1. The maximum absolute atomic E-state index is 11.8. The van der Waals surface area contributed by atoms with E-state index < -0.39 is 5.60 Å². The molecule has 0 saturated heterocycles. The Morgan fingerprint density at radius 2 is 1.67 bits per heavy atom. The Balaban J connectivity index is 1.56. The summed E-state index contributed by atoms with van der Waals surface area (Å²) in [4.78, 5) is 23.4. The number of unbranched alkanes of at least 4 members (excludes halogenated alkanes) is 2. The molecule has 0 aromatic heterocycles. The summed E-state index contributed by atoms with van der Waals surface area (Å²) in [5.74, 6) is -0.413. The Kier molecular flexibility index (Phi) is 7.83. The highest BCUT2D eigenvalue weighted by Gasteiger charge is 2.16. The molecule has 1 amide bonds. The lowest BCUT2D eigenvalue weighted by molar-refractivity contribution is -0.155. The first-order valence-corrected chi connectivity index (χ1v) is 9.80. The van der Waals surface area contributed by atoms with Gasteiger partial charge >= 0.3 is 5.97 Å². The minimum atomic E-state index is -0.501. The van der Waals surface area contributed by atoms with Crippen LogP contribution < -0.4 is 5.32 Å². The van der Waals surface area contributed by atoms with Crippen LogP contribution in [-0.4, -0.2) is 24.0 Å². The number of rotatable bonds is 9. The zero-order chi connectivity index (χ0) is 19.7. The topological polar surface area (TPSA) is 55.4 Å². The molecule has 0 heterocycles. The number of aryl methyl sites for hydroxylation is 1. The summed E-state index contributed by atoms with van der Waals surface area (Å²) >= 11 is 0. The molecule has 0 aliphatic heterocycles. The molecule has 0 unspecified atom stereocenters. The number of hydrogen-bond acceptors (Lipinski definition) is 3. The van der Waals surface area contributed by atoms with Crippen LogP contribution >= 0.6 is 0 Å². The maximum Gasteiger partial charge on any atom is 0.306 e. The fourth-order valence-corrected chi connectivity index (χ4v) is 2.95. The summed E-state index contributed by atoms with van der Waals surface area (Å²) in [6, 6.07) is 15.0. The van der Waals surface area contributed by atoms with E-state index in [-0.39, 0.29) is 24.7 Å². The summed E-state index contributed by atoms with van der Waals surface area (Å²) in [6.45, 7) is 6.12. The van der Waals surface area contributed by atoms with E-state index >= 15 is 0 Å². The van der Waals surface area contributed by atoms with Crippen LogP contribution in [0.25, 0.3) is 10.8 Å². The minimum absolute atomic E-state index is 0.0876. The second kappa shape index (κ2) is 10.1. The van der Waals surface area contributed by atoms with E-state index in [1.807, 2.05) is 20.8 Å². The lowest BCUT2D eigenvalue weighted by Gasteiger charge is -2.19. The van der Waals surface area contributed by atoms with Gasteiger partial charge in [-0.1, -0.05) is 48.9 Å². The van der Waals surface area contributed by atoms with Crippen molar-refractivity contribution in [1.29, 1.82) is 0 Å². The van der Waals surface area contributed by atoms with Gasteiger partial charge in [-0.15, -0.1) is 0 Å². The number of carbonyl (C=O) groups is 2. The van der Waals surface area contributed by atoms with Gasteiger partial charge in [0.1, 0.15) is 5.60 Å². The quantitative estimate of drug-likeness (QED) is 0.511. The molecule has 0 radical (unpaired) electrons. The van der Waals surface area contributed by atoms with Gasteiger partial charge in [0, 0.05) is 13.0 Å². The molecule has 4 heteroatoms. The molecule has 2 aromatic carbocycles. The van der Waals surface area contributed by atoms with Crippen molar-refractivity contribution in [3.05, 3.63) is 48.0 Å². The van der Waals surface area contributed by atoms with E-state index in [4.69, 9.17) is 4.74 Å². The average Bonchev–Trinajstić information content (AvgIpc) is 2.61. The van der Waals surface area contributed by atoms with Gasteiger partial charge in [0.25, 0.3) is 0 Å². The lowest BCUT2D eigenvalue weighted by Crippen LogP contribution is -2.27. The summed E-state index contributed by atoms with van der Waals surface area (Å²) in [5.41, 5.74) is 0.855. The monoisotopic (exact) mass is 369 g/mol. The van der Waals surface area contributed by atoms with Crippen LogP contribution in [0.5, 0.6) is 0 Å². The number of ether oxygens (including phenoxy) is 1. The number of amides is 1. The predicted molar refractivity (Wildman–Crippen MR) is 110 cm³/mol. The maximum atomic E-state index is 11.8. The third kappa shape index (κ3) is 8.25. The molecule has 4 nitrogen and oxygen atoms in total. The summed E-state index contributed by atoms with van der Waals surface area (Å²) in [7, 11) is 0. The van der Waals surface area contributed by atoms with E-state index in [0.717, 1.165) is 25.7 Å². The first-order valence-electron chi connectivity index (χ1n) is 9.80. The van der Waals surface area contributed by atoms with Gasteiger partial charge in [-0.05, 0) is 56.4 Å². The van der Waals surface area contributed by atoms with Crippen molar-refractivity contribution in [2.75, 3.05) is 6.54 Å². The number of nitrogens with one attached hydrogen (secondary N) is 1. The normalized spacial score (nSPS) is 11.4. The Morgan fingerprint density at radius 1 is 0.926 bits per heavy atom. The highest BCUT2D eigenvalue weighted by Crippen LogP contribution is 2.17. The van der Waals surface area contributed by atoms with Crippen molar-refractivity contribution < 1.29 is 14.3 Å². The molecule has 27 heavy (non-hydrogen) atoms. The van der Waals surface area contributed by atoms with E-state index in [2.05, 4.69) is 47.8 Å². The first-order chi connectivity index (χ1) is 12.8. The van der Waals surface area contributed by atoms with Crippen LogP contribution in [0.15, 0.2) is 42.5 Å². The Bertz CT molecular complexity index is 762. The molecule has 2 aromatic rings. The number of benzene rings is 2. The first kappa shape index (κ1) is 20.9. The zero-order valence-corrected chi connectivity index (χ0v) is 16.7. The van der Waals surface area contributed by atoms with Gasteiger partial charge in [-0.25, -0.2) is 0 Å². The van der Waals surface area contributed by atoms with Crippen molar-refractivity contribution in [1.82, 2.24) is 5.32 Å². The van der Waals surface area contributed by atoms with E-state index in [0.29, 0.717) is 6.54 Å². The molecular weight excluding hydrogens is 338 g/mol. The summed E-state index contributed by atoms with van der Waals surface area (Å²) in [5, 5.41) is 5.43. The molecule has 0 fully saturated rings. The van der Waals surface area contributed by atoms with Crippen LogP contribution in [0.3, 0.4) is 0 Å². The van der Waals surface area contributed by atoms with Gasteiger partial charge in [-0.3, -0.25) is 9.59 Å². The van der Waals surface area contributed by atoms with E-state index in [9.17, 15) is 9.59 Å². The highest BCUT2D eigenvalue weighted by atomic mass is 16.6. The van der Waals surface area contributed by atoms with Crippen LogP contribution in [0.2, 0.25) is 0 Å². The van der Waals surface area contributed by atoms with E-state index in [1.54, 1.807) is 0 Å². The summed E-state index contributed by atoms with van der Waals surface area (Å²) < 4.78 is 5.20. The van der Waals surface area contributed by atoms with Gasteiger partial charge in [0.2, 0.25) is 5.91 Å². The van der Waals surface area contributed by atoms with Crippen molar-refractivity contribution in [3.63, 3.8) is 0 Å². The van der Waals surface area contributed by atoms with Crippen LogP contribution in [-0.2, 0) is 20.7 Å². The van der Waals surface area contributed by atoms with Crippen molar-refractivity contribution in [2.45, 2.75) is 64.9 Å². The third-order valence-corrected chi connectivity index (χ3v) is 4.25. The third-order valence-electron chi connectivity index (χ3n) is 4.25. The van der Waals surface area contributed by atoms with Crippen molar-refractivity contribution in [2.24, 2.45) is 0 Å². The van der Waals surface area contributed by atoms with Gasteiger partial charge in [-0.2, -0.15) is 0 Å². The zero-order valence-electron chi connectivity index (χ0n) is 16.7. The largest absolute Gasteiger partial charge is 0.460 e. The average molecular weight is 370 g/mol. The Hall–Kier alpha value is -2.36. The van der Waals surface area contributed by atoms with Gasteiger partial charge in [0.15, 0.2) is 0 Å². The highest BCUT2D eigenvalue weighted by molar-refractivity contribution is 5.83. The second-order valence-corrected chi connectivity index (χ2v) is 7.93. The Morgan fingerprint density at radius 3 is 2.41 bits per heavy atom. The molecule has 2 rings (SSSR count).